The van der Waals surface area contributed by atoms with Gasteiger partial charge >= 0.3 is 0 Å². The molecule has 0 N–H and O–H groups in total. The van der Waals surface area contributed by atoms with Gasteiger partial charge in [-0.15, -0.1) is 0 Å². The Morgan fingerprint density at radius 3 is 1.12 bits per heavy atom. The van der Waals surface area contributed by atoms with E-state index in [1.54, 1.807) is 0 Å². The monoisotopic (exact) mass is 828 g/mol. The fraction of sp³-hybridized carbons (Fsp3) is 0.150. The molecule has 0 unspecified atom stereocenters. The minimum atomic E-state index is -0.180. The van der Waals surface area contributed by atoms with Crippen LogP contribution in [-0.4, -0.2) is 15.0 Å². The standard InChI is InChI=1S/C60H52N4/c1-3-5-39-60(40-6-4-2)55-41-49(59-62-57(47-23-15-9-16-24-47)61-58(63-59)48-25-17-10-18-26-48)31-37-53(55)54-38-36-52(42-56(54)60)64(50-32-27-45(28-33-50)43-19-11-7-12-20-43)51-34-29-46(30-35-51)44-21-13-8-14-22-44/h7-38,41-42H,3-6,39-40H2,1-2H3. The molecule has 0 spiro atoms. The Labute approximate surface area is 378 Å². The highest BCUT2D eigenvalue weighted by Crippen LogP contribution is 2.56. The van der Waals surface area contributed by atoms with Gasteiger partial charge in [0.2, 0.25) is 0 Å². The molecular weight excluding hydrogens is 777 g/mol. The first-order chi connectivity index (χ1) is 31.6. The van der Waals surface area contributed by atoms with Gasteiger partial charge in [-0.3, -0.25) is 0 Å². The highest BCUT2D eigenvalue weighted by Gasteiger charge is 2.43. The van der Waals surface area contributed by atoms with Crippen molar-refractivity contribution in [2.24, 2.45) is 0 Å². The average Bonchev–Trinajstić information content (AvgIpc) is 3.64. The van der Waals surface area contributed by atoms with Crippen LogP contribution in [0.2, 0.25) is 0 Å². The molecule has 0 saturated heterocycles. The predicted octanol–water partition coefficient (Wildman–Crippen LogP) is 16.3. The Morgan fingerprint density at radius 2 is 0.688 bits per heavy atom. The predicted molar refractivity (Wildman–Crippen MR) is 267 cm³/mol. The van der Waals surface area contributed by atoms with Crippen molar-refractivity contribution in [3.8, 4) is 67.5 Å². The number of rotatable bonds is 14. The maximum absolute atomic E-state index is 5.17. The Balaban J connectivity index is 1.11. The van der Waals surface area contributed by atoms with Gasteiger partial charge < -0.3 is 4.90 Å². The first-order valence-corrected chi connectivity index (χ1v) is 22.9. The number of hydrogen-bond donors (Lipinski definition) is 0. The molecule has 1 heterocycles. The molecule has 4 heteroatoms. The van der Waals surface area contributed by atoms with Crippen LogP contribution in [0.5, 0.6) is 0 Å². The second-order valence-electron chi connectivity index (χ2n) is 17.0. The van der Waals surface area contributed by atoms with Gasteiger partial charge in [0.05, 0.1) is 0 Å². The Morgan fingerprint density at radius 1 is 0.344 bits per heavy atom. The molecule has 0 fully saturated rings. The molecule has 1 aromatic heterocycles. The summed E-state index contributed by atoms with van der Waals surface area (Å²) in [4.78, 5) is 17.8. The van der Waals surface area contributed by atoms with Crippen molar-refractivity contribution in [1.29, 1.82) is 0 Å². The molecule has 0 aliphatic heterocycles. The lowest BCUT2D eigenvalue weighted by atomic mass is 9.70. The van der Waals surface area contributed by atoms with Gasteiger partial charge in [-0.05, 0) is 99.8 Å². The van der Waals surface area contributed by atoms with E-state index in [2.05, 4.69) is 189 Å². The van der Waals surface area contributed by atoms with Crippen molar-refractivity contribution >= 4 is 17.1 Å². The summed E-state index contributed by atoms with van der Waals surface area (Å²) in [5.74, 6) is 2.04. The third kappa shape index (κ3) is 7.93. The molecule has 9 aromatic rings. The zero-order valence-electron chi connectivity index (χ0n) is 36.7. The Hall–Kier alpha value is -7.43. The maximum Gasteiger partial charge on any atom is 0.164 e. The van der Waals surface area contributed by atoms with Crippen LogP contribution in [0.3, 0.4) is 0 Å². The van der Waals surface area contributed by atoms with Crippen molar-refractivity contribution in [2.45, 2.75) is 57.8 Å². The third-order valence-corrected chi connectivity index (χ3v) is 12.9. The summed E-state index contributed by atoms with van der Waals surface area (Å²) in [5.41, 5.74) is 16.4. The molecule has 10 rings (SSSR count). The van der Waals surface area contributed by atoms with Gasteiger partial charge in [0.15, 0.2) is 17.5 Å². The molecular formula is C60H52N4. The summed E-state index contributed by atoms with van der Waals surface area (Å²) in [6.45, 7) is 4.64. The second-order valence-corrected chi connectivity index (χ2v) is 17.0. The topological polar surface area (TPSA) is 41.9 Å². The van der Waals surface area contributed by atoms with E-state index in [1.165, 1.54) is 44.5 Å². The molecule has 0 saturated carbocycles. The molecule has 0 amide bonds. The zero-order valence-corrected chi connectivity index (χ0v) is 36.7. The molecule has 8 aromatic carbocycles. The van der Waals surface area contributed by atoms with Gasteiger partial charge in [-0.1, -0.05) is 203 Å². The number of benzene rings is 8. The zero-order chi connectivity index (χ0) is 43.3. The normalized spacial score (nSPS) is 12.4. The van der Waals surface area contributed by atoms with E-state index < -0.39 is 0 Å². The van der Waals surface area contributed by atoms with E-state index in [0.29, 0.717) is 17.5 Å². The van der Waals surface area contributed by atoms with E-state index in [4.69, 9.17) is 15.0 Å². The third-order valence-electron chi connectivity index (χ3n) is 12.9. The van der Waals surface area contributed by atoms with Gasteiger partial charge in [-0.2, -0.15) is 0 Å². The van der Waals surface area contributed by atoms with Crippen molar-refractivity contribution < 1.29 is 0 Å². The maximum atomic E-state index is 5.17. The summed E-state index contributed by atoms with van der Waals surface area (Å²) < 4.78 is 0. The van der Waals surface area contributed by atoms with E-state index in [0.717, 1.165) is 72.3 Å². The van der Waals surface area contributed by atoms with E-state index in [1.807, 2.05) is 36.4 Å². The number of nitrogens with zero attached hydrogens (tertiary/aromatic N) is 4. The first kappa shape index (κ1) is 40.6. The highest BCUT2D eigenvalue weighted by molar-refractivity contribution is 5.88. The van der Waals surface area contributed by atoms with Crippen LogP contribution in [0, 0.1) is 0 Å². The number of anilines is 3. The molecule has 64 heavy (non-hydrogen) atoms. The van der Waals surface area contributed by atoms with Crippen LogP contribution in [0.4, 0.5) is 17.1 Å². The molecule has 0 atom stereocenters. The van der Waals surface area contributed by atoms with Crippen LogP contribution >= 0.6 is 0 Å². The molecule has 4 nitrogen and oxygen atoms in total. The summed E-state index contributed by atoms with van der Waals surface area (Å²) >= 11 is 0. The summed E-state index contributed by atoms with van der Waals surface area (Å²) in [5, 5.41) is 0. The fourth-order valence-corrected chi connectivity index (χ4v) is 9.63. The summed E-state index contributed by atoms with van der Waals surface area (Å²) in [7, 11) is 0. The number of hydrogen-bond acceptors (Lipinski definition) is 4. The van der Waals surface area contributed by atoms with Crippen LogP contribution in [0.15, 0.2) is 206 Å². The molecule has 1 aliphatic carbocycles. The molecule has 312 valence electrons. The lowest BCUT2D eigenvalue weighted by Crippen LogP contribution is -2.26. The number of fused-ring (bicyclic) bond motifs is 3. The van der Waals surface area contributed by atoms with E-state index in [-0.39, 0.29) is 5.41 Å². The molecule has 0 radical (unpaired) electrons. The smallest absolute Gasteiger partial charge is 0.164 e. The molecule has 1 aliphatic rings. The van der Waals surface area contributed by atoms with Crippen LogP contribution in [0.25, 0.3) is 67.5 Å². The minimum Gasteiger partial charge on any atom is -0.310 e. The number of aromatic nitrogens is 3. The lowest BCUT2D eigenvalue weighted by Gasteiger charge is -2.34. The Kier molecular flexibility index (Phi) is 11.5. The average molecular weight is 829 g/mol. The fourth-order valence-electron chi connectivity index (χ4n) is 9.63. The van der Waals surface area contributed by atoms with E-state index >= 15 is 0 Å². The largest absolute Gasteiger partial charge is 0.310 e. The number of unbranched alkanes of at least 4 members (excludes halogenated alkanes) is 2. The quantitative estimate of drug-likeness (QED) is 0.109. The SMILES string of the molecule is CCCCC1(CCCC)c2cc(-c3nc(-c4ccccc4)nc(-c4ccccc4)n3)ccc2-c2ccc(N(c3ccc(-c4ccccc4)cc3)c3ccc(-c4ccccc4)cc3)cc21. The van der Waals surface area contributed by atoms with Crippen LogP contribution in [0.1, 0.15) is 63.5 Å². The van der Waals surface area contributed by atoms with Crippen LogP contribution in [-0.2, 0) is 5.41 Å². The van der Waals surface area contributed by atoms with Gasteiger partial charge in [0.1, 0.15) is 0 Å². The first-order valence-electron chi connectivity index (χ1n) is 22.9. The van der Waals surface area contributed by atoms with E-state index in [9.17, 15) is 0 Å². The summed E-state index contributed by atoms with van der Waals surface area (Å²) in [6, 6.07) is 74.1. The highest BCUT2D eigenvalue weighted by atomic mass is 15.1. The molecule has 0 bridgehead atoms. The minimum absolute atomic E-state index is 0.180. The van der Waals surface area contributed by atoms with Gasteiger partial charge in [0.25, 0.3) is 0 Å². The lowest BCUT2D eigenvalue weighted by molar-refractivity contribution is 0.414. The van der Waals surface area contributed by atoms with Crippen molar-refractivity contribution in [3.63, 3.8) is 0 Å². The summed E-state index contributed by atoms with van der Waals surface area (Å²) in [6.07, 6.45) is 6.64. The van der Waals surface area contributed by atoms with Gasteiger partial charge in [0, 0.05) is 39.2 Å². The Bertz CT molecular complexity index is 2830. The van der Waals surface area contributed by atoms with Crippen LogP contribution < -0.4 is 4.90 Å². The van der Waals surface area contributed by atoms with Gasteiger partial charge in [-0.25, -0.2) is 15.0 Å². The van der Waals surface area contributed by atoms with Crippen molar-refractivity contribution in [2.75, 3.05) is 4.90 Å². The van der Waals surface area contributed by atoms with Crippen molar-refractivity contribution in [3.05, 3.63) is 217 Å². The van der Waals surface area contributed by atoms with Crippen molar-refractivity contribution in [1.82, 2.24) is 15.0 Å². The second kappa shape index (κ2) is 18.1.